The number of hydrogen-bond acceptors (Lipinski definition) is 11. The van der Waals surface area contributed by atoms with E-state index in [-0.39, 0.29) is 17.0 Å². The first-order chi connectivity index (χ1) is 20.8. The number of thiazole rings is 1. The normalized spacial score (nSPS) is 29.7. The van der Waals surface area contributed by atoms with Crippen LogP contribution in [0.15, 0.2) is 42.5 Å². The maximum atomic E-state index is 14.1. The van der Waals surface area contributed by atoms with Crippen molar-refractivity contribution in [2.75, 3.05) is 19.4 Å². The number of aliphatic hydroxyl groups excluding tert-OH is 1. The molecule has 8 atom stereocenters. The van der Waals surface area contributed by atoms with Crippen LogP contribution in [0, 0.1) is 36.5 Å². The zero-order valence-corrected chi connectivity index (χ0v) is 25.3. The van der Waals surface area contributed by atoms with Gasteiger partial charge in [0.15, 0.2) is 34.2 Å². The lowest BCUT2D eigenvalue weighted by Gasteiger charge is -2.52. The lowest BCUT2D eigenvalue weighted by molar-refractivity contribution is -0.167. The molecule has 0 saturated heterocycles. The molecule has 6 rings (SSSR count). The number of phenols is 1. The number of rotatable bonds is 5. The predicted molar refractivity (Wildman–Crippen MR) is 162 cm³/mol. The van der Waals surface area contributed by atoms with E-state index in [1.165, 1.54) is 16.2 Å². The standard InChI is InChI=1S/C32H32N4O7S/c1-12-15-10-11-16(34-32-35-23(13(2)44-32)14-8-6-5-7-9-14)25(37)18(15)27(39)20-17(12)26(38)19-21(28(20)40)29(41)22(31(33)43)30(42)24(19)36(3)4/h5-12,17,19-22,24,26,37-38H,1-4H3,(H2,33,43)(H,34,35)/t12-,17?,19?,20?,21?,22?,24-,26-/m0/s1. The van der Waals surface area contributed by atoms with Crippen LogP contribution in [0.3, 0.4) is 0 Å². The molecule has 3 aromatic rings. The summed E-state index contributed by atoms with van der Waals surface area (Å²) in [6.07, 6.45) is -1.40. The molecule has 1 amide bonds. The van der Waals surface area contributed by atoms with E-state index in [2.05, 4.69) is 10.3 Å². The number of aromatic hydroxyl groups is 1. The van der Waals surface area contributed by atoms with Gasteiger partial charge in [0, 0.05) is 22.3 Å². The van der Waals surface area contributed by atoms with Crippen molar-refractivity contribution in [1.82, 2.24) is 9.88 Å². The number of hydrogen-bond donors (Lipinski definition) is 4. The third kappa shape index (κ3) is 4.31. The fourth-order valence-electron chi connectivity index (χ4n) is 7.51. The van der Waals surface area contributed by atoms with Crippen LogP contribution in [-0.4, -0.2) is 75.4 Å². The maximum Gasteiger partial charge on any atom is 0.235 e. The van der Waals surface area contributed by atoms with Crippen molar-refractivity contribution in [2.45, 2.75) is 31.9 Å². The Kier molecular flexibility index (Phi) is 7.26. The summed E-state index contributed by atoms with van der Waals surface area (Å²) in [5.74, 6) is -12.4. The van der Waals surface area contributed by atoms with Crippen LogP contribution in [0.5, 0.6) is 5.75 Å². The summed E-state index contributed by atoms with van der Waals surface area (Å²) in [7, 11) is 3.11. The van der Waals surface area contributed by atoms with E-state index >= 15 is 0 Å². The lowest BCUT2D eigenvalue weighted by Crippen LogP contribution is -2.69. The van der Waals surface area contributed by atoms with Crippen LogP contribution in [0.4, 0.5) is 10.8 Å². The Morgan fingerprint density at radius 1 is 0.977 bits per heavy atom. The zero-order chi connectivity index (χ0) is 31.8. The Hall–Kier alpha value is -4.26. The SMILES string of the molecule is Cc1sc(Nc2ccc3c(c2O)C(=O)C2C(=O)C4C(=O)C(C(N)=O)C(=O)[C@@H](N(C)C)C4[C@@H](O)C2[C@H]3C)nc1-c1ccccc1. The van der Waals surface area contributed by atoms with Gasteiger partial charge < -0.3 is 21.3 Å². The molecule has 2 fully saturated rings. The number of phenolic OH excluding ortho intramolecular Hbond substituents is 1. The molecule has 0 radical (unpaired) electrons. The number of nitrogens with two attached hydrogens (primary N) is 1. The highest BCUT2D eigenvalue weighted by Crippen LogP contribution is 2.54. The van der Waals surface area contributed by atoms with E-state index in [0.29, 0.717) is 10.7 Å². The summed E-state index contributed by atoms with van der Waals surface area (Å²) in [6.45, 7) is 3.67. The third-order valence-electron chi connectivity index (χ3n) is 9.44. The first-order valence-corrected chi connectivity index (χ1v) is 15.1. The minimum atomic E-state index is -1.86. The van der Waals surface area contributed by atoms with Gasteiger partial charge >= 0.3 is 0 Å². The van der Waals surface area contributed by atoms with Crippen LogP contribution in [0.2, 0.25) is 0 Å². The average molecular weight is 617 g/mol. The van der Waals surface area contributed by atoms with Crippen LogP contribution < -0.4 is 11.1 Å². The first-order valence-electron chi connectivity index (χ1n) is 14.3. The van der Waals surface area contributed by atoms with Gasteiger partial charge in [-0.25, -0.2) is 4.98 Å². The van der Waals surface area contributed by atoms with Crippen molar-refractivity contribution in [3.63, 3.8) is 0 Å². The summed E-state index contributed by atoms with van der Waals surface area (Å²) in [5, 5.41) is 26.7. The second-order valence-electron chi connectivity index (χ2n) is 12.0. The van der Waals surface area contributed by atoms with E-state index in [1.807, 2.05) is 37.3 Å². The molecule has 2 saturated carbocycles. The number of nitrogens with one attached hydrogen (secondary N) is 1. The number of primary amides is 1. The summed E-state index contributed by atoms with van der Waals surface area (Å²) in [4.78, 5) is 74.1. The number of likely N-dealkylation sites (N-methyl/N-ethyl adjacent to an activating group) is 1. The molecule has 228 valence electrons. The number of aromatic nitrogens is 1. The smallest absolute Gasteiger partial charge is 0.235 e. The fourth-order valence-corrected chi connectivity index (χ4v) is 8.36. The number of aliphatic hydroxyl groups is 1. The Balaban J connectivity index is 1.39. The molecule has 5 N–H and O–H groups in total. The molecule has 1 heterocycles. The number of amides is 1. The van der Waals surface area contributed by atoms with Crippen molar-refractivity contribution in [3.8, 4) is 17.0 Å². The molecule has 3 aliphatic carbocycles. The van der Waals surface area contributed by atoms with Gasteiger partial charge in [-0.1, -0.05) is 43.3 Å². The highest BCUT2D eigenvalue weighted by atomic mass is 32.1. The molecule has 1 aromatic heterocycles. The summed E-state index contributed by atoms with van der Waals surface area (Å²) in [5.41, 5.74) is 7.70. The summed E-state index contributed by atoms with van der Waals surface area (Å²) in [6, 6.07) is 11.8. The molecule has 2 aromatic carbocycles. The molecule has 5 unspecified atom stereocenters. The zero-order valence-electron chi connectivity index (χ0n) is 24.5. The van der Waals surface area contributed by atoms with Crippen molar-refractivity contribution in [3.05, 3.63) is 58.5 Å². The van der Waals surface area contributed by atoms with Crippen molar-refractivity contribution in [2.24, 2.45) is 35.3 Å². The second kappa shape index (κ2) is 10.7. The van der Waals surface area contributed by atoms with E-state index in [4.69, 9.17) is 5.73 Å². The van der Waals surface area contributed by atoms with Gasteiger partial charge in [0.05, 0.1) is 40.9 Å². The molecule has 12 heteroatoms. The molecule has 3 aliphatic rings. The largest absolute Gasteiger partial charge is 0.505 e. The van der Waals surface area contributed by atoms with Crippen LogP contribution >= 0.6 is 11.3 Å². The maximum absolute atomic E-state index is 14.1. The molecule has 44 heavy (non-hydrogen) atoms. The molecular formula is C32H32N4O7S. The Morgan fingerprint density at radius 3 is 2.30 bits per heavy atom. The Labute approximate surface area is 257 Å². The molecule has 0 bridgehead atoms. The van der Waals surface area contributed by atoms with Gasteiger partial charge in [0.2, 0.25) is 5.91 Å². The van der Waals surface area contributed by atoms with Crippen molar-refractivity contribution >= 4 is 51.2 Å². The van der Waals surface area contributed by atoms with E-state index in [0.717, 1.165) is 16.1 Å². The van der Waals surface area contributed by atoms with Gasteiger partial charge in [-0.2, -0.15) is 0 Å². The summed E-state index contributed by atoms with van der Waals surface area (Å²) >= 11 is 1.38. The van der Waals surface area contributed by atoms with Crippen molar-refractivity contribution < 1.29 is 34.2 Å². The minimum Gasteiger partial charge on any atom is -0.505 e. The Bertz CT molecular complexity index is 1740. The van der Waals surface area contributed by atoms with Gasteiger partial charge in [-0.3, -0.25) is 28.9 Å². The molecule has 0 aliphatic heterocycles. The highest BCUT2D eigenvalue weighted by Gasteiger charge is 2.65. The number of carbonyl (C=O) groups excluding carboxylic acids is 5. The fraction of sp³-hybridized carbons (Fsp3) is 0.375. The quantitative estimate of drug-likeness (QED) is 0.246. The number of ketones is 4. The van der Waals surface area contributed by atoms with E-state index < -0.39 is 76.7 Å². The number of Topliss-reactive ketones (excluding diaryl/α,β-unsaturated/α-hetero) is 4. The number of carbonyl (C=O) groups is 5. The monoisotopic (exact) mass is 616 g/mol. The number of anilines is 2. The number of nitrogens with zero attached hydrogens (tertiary/aromatic N) is 2. The van der Waals surface area contributed by atoms with Crippen molar-refractivity contribution in [1.29, 1.82) is 0 Å². The minimum absolute atomic E-state index is 0.0748. The van der Waals surface area contributed by atoms with Gasteiger partial charge in [0.25, 0.3) is 0 Å². The Morgan fingerprint density at radius 2 is 1.66 bits per heavy atom. The molecular weight excluding hydrogens is 584 g/mol. The highest BCUT2D eigenvalue weighted by molar-refractivity contribution is 7.16. The molecule has 11 nitrogen and oxygen atoms in total. The predicted octanol–water partition coefficient (Wildman–Crippen LogP) is 2.46. The van der Waals surface area contributed by atoms with E-state index in [1.54, 1.807) is 33.2 Å². The van der Waals surface area contributed by atoms with Gasteiger partial charge in [-0.15, -0.1) is 11.3 Å². The number of fused-ring (bicyclic) bond motifs is 3. The summed E-state index contributed by atoms with van der Waals surface area (Å²) < 4.78 is 0. The van der Waals surface area contributed by atoms with Gasteiger partial charge in [-0.05, 0) is 38.6 Å². The first kappa shape index (κ1) is 29.8. The lowest BCUT2D eigenvalue weighted by atomic mass is 9.51. The van der Waals surface area contributed by atoms with Gasteiger partial charge in [0.1, 0.15) is 5.75 Å². The topological polar surface area (TPSA) is 180 Å². The third-order valence-corrected chi connectivity index (χ3v) is 10.3. The second-order valence-corrected chi connectivity index (χ2v) is 13.2. The average Bonchev–Trinajstić information content (AvgIpc) is 3.34. The molecule has 0 spiro atoms. The van der Waals surface area contributed by atoms with Crippen LogP contribution in [-0.2, 0) is 19.2 Å². The number of benzene rings is 2. The van der Waals surface area contributed by atoms with E-state index in [9.17, 15) is 34.2 Å². The van der Waals surface area contributed by atoms with Crippen LogP contribution in [0.1, 0.15) is 33.6 Å². The van der Waals surface area contributed by atoms with Crippen LogP contribution in [0.25, 0.3) is 11.3 Å². The number of aryl methyl sites for hydroxylation is 1.